The van der Waals surface area contributed by atoms with E-state index in [9.17, 15) is 9.18 Å². The molecule has 2 heterocycles. The van der Waals surface area contributed by atoms with Gasteiger partial charge in [-0.25, -0.2) is 4.39 Å². The van der Waals surface area contributed by atoms with Gasteiger partial charge in [0.05, 0.1) is 0 Å². The molecule has 27 heavy (non-hydrogen) atoms. The van der Waals surface area contributed by atoms with Crippen LogP contribution in [0.25, 0.3) is 0 Å². The Labute approximate surface area is 175 Å². The molecule has 2 aromatic carbocycles. The van der Waals surface area contributed by atoms with Crippen molar-refractivity contribution in [2.45, 2.75) is 22.7 Å². The van der Waals surface area contributed by atoms with Crippen molar-refractivity contribution in [2.24, 2.45) is 0 Å². The first-order chi connectivity index (χ1) is 13.0. The number of hydrogen-bond donors (Lipinski definition) is 2. The first-order valence-corrected chi connectivity index (χ1v) is 10.9. The Morgan fingerprint density at radius 1 is 1.22 bits per heavy atom. The number of halogens is 2. The number of amides is 1. The maximum absolute atomic E-state index is 14.0. The molecule has 0 radical (unpaired) electrons. The van der Waals surface area contributed by atoms with E-state index in [1.54, 1.807) is 12.1 Å². The smallest absolute Gasteiger partial charge is 0.238 e. The first kappa shape index (κ1) is 19.0. The fraction of sp³-hybridized carbons (Fsp3) is 0.222. The third-order valence-electron chi connectivity index (χ3n) is 4.33. The summed E-state index contributed by atoms with van der Waals surface area (Å²) in [4.78, 5) is 14.5. The molecular weight excluding hydrogens is 425 g/mol. The molecule has 3 atom stereocenters. The third-order valence-corrected chi connectivity index (χ3v) is 7.34. The second-order valence-electron chi connectivity index (χ2n) is 6.02. The molecule has 2 aromatic rings. The predicted octanol–water partition coefficient (Wildman–Crippen LogP) is 3.95. The second kappa shape index (κ2) is 7.97. The number of thioether (sulfide) groups is 2. The SMILES string of the molecule is O=C1NC(SCc2c(F)cccc2Cl)NC2C1SC(=S)N2c1ccccc1. The molecule has 0 aromatic heterocycles. The van der Waals surface area contributed by atoms with Gasteiger partial charge >= 0.3 is 0 Å². The molecule has 0 saturated carbocycles. The zero-order valence-corrected chi connectivity index (χ0v) is 17.1. The number of anilines is 1. The highest BCUT2D eigenvalue weighted by molar-refractivity contribution is 8.24. The summed E-state index contributed by atoms with van der Waals surface area (Å²) < 4.78 is 14.7. The van der Waals surface area contributed by atoms with Gasteiger partial charge in [-0.2, -0.15) is 0 Å². The van der Waals surface area contributed by atoms with Crippen molar-refractivity contribution in [3.8, 4) is 0 Å². The van der Waals surface area contributed by atoms with Crippen LogP contribution in [0.5, 0.6) is 0 Å². The average Bonchev–Trinajstić information content (AvgIpc) is 2.98. The number of rotatable bonds is 4. The Balaban J connectivity index is 1.51. The Hall–Kier alpha value is -1.32. The molecule has 2 N–H and O–H groups in total. The van der Waals surface area contributed by atoms with Gasteiger partial charge in [-0.3, -0.25) is 10.1 Å². The molecule has 2 aliphatic heterocycles. The molecule has 4 nitrogen and oxygen atoms in total. The first-order valence-electron chi connectivity index (χ1n) is 8.20. The summed E-state index contributed by atoms with van der Waals surface area (Å²) in [6, 6.07) is 14.4. The van der Waals surface area contributed by atoms with Crippen molar-refractivity contribution in [1.29, 1.82) is 0 Å². The number of benzene rings is 2. The fourth-order valence-electron chi connectivity index (χ4n) is 3.03. The Bertz CT molecular complexity index is 865. The van der Waals surface area contributed by atoms with Crippen LogP contribution in [0.4, 0.5) is 10.1 Å². The lowest BCUT2D eigenvalue weighted by Crippen LogP contribution is -2.64. The summed E-state index contributed by atoms with van der Waals surface area (Å²) in [6.45, 7) is 0. The van der Waals surface area contributed by atoms with Gasteiger partial charge in [-0.15, -0.1) is 11.8 Å². The largest absolute Gasteiger partial charge is 0.331 e. The zero-order valence-electron chi connectivity index (χ0n) is 13.9. The van der Waals surface area contributed by atoms with E-state index in [-0.39, 0.29) is 28.6 Å². The molecule has 140 valence electrons. The molecule has 9 heteroatoms. The van der Waals surface area contributed by atoms with E-state index in [2.05, 4.69) is 10.6 Å². The number of nitrogens with zero attached hydrogens (tertiary/aromatic N) is 1. The van der Waals surface area contributed by atoms with E-state index in [1.165, 1.54) is 29.6 Å². The van der Waals surface area contributed by atoms with Crippen LogP contribution in [0, 0.1) is 5.82 Å². The number of para-hydroxylation sites is 1. The van der Waals surface area contributed by atoms with Gasteiger partial charge in [-0.05, 0) is 24.3 Å². The monoisotopic (exact) mass is 439 g/mol. The van der Waals surface area contributed by atoms with Crippen LogP contribution < -0.4 is 15.5 Å². The quantitative estimate of drug-likeness (QED) is 0.703. The fourth-order valence-corrected chi connectivity index (χ4v) is 5.98. The minimum absolute atomic E-state index is 0.0818. The van der Waals surface area contributed by atoms with Gasteiger partial charge in [0.15, 0.2) is 0 Å². The number of fused-ring (bicyclic) bond motifs is 1. The van der Waals surface area contributed by atoms with Crippen LogP contribution in [0.2, 0.25) is 5.02 Å². The molecule has 2 saturated heterocycles. The Morgan fingerprint density at radius 2 is 2.00 bits per heavy atom. The molecular formula is C18H15ClFN3OS3. The number of thiocarbonyl (C=S) groups is 1. The Kier molecular flexibility index (Phi) is 5.61. The van der Waals surface area contributed by atoms with Crippen LogP contribution >= 0.6 is 47.3 Å². The van der Waals surface area contributed by atoms with Gasteiger partial charge in [-0.1, -0.05) is 59.8 Å². The van der Waals surface area contributed by atoms with Crippen molar-refractivity contribution in [2.75, 3.05) is 4.90 Å². The molecule has 0 aliphatic carbocycles. The zero-order chi connectivity index (χ0) is 19.0. The van der Waals surface area contributed by atoms with Crippen molar-refractivity contribution in [1.82, 2.24) is 10.6 Å². The van der Waals surface area contributed by atoms with E-state index < -0.39 is 0 Å². The molecule has 1 amide bonds. The van der Waals surface area contributed by atoms with Crippen LogP contribution in [0.15, 0.2) is 48.5 Å². The summed E-state index contributed by atoms with van der Waals surface area (Å²) in [5.74, 6) is -0.0933. The lowest BCUT2D eigenvalue weighted by atomic mass is 10.2. The van der Waals surface area contributed by atoms with Crippen molar-refractivity contribution >= 4 is 63.3 Å². The molecule has 2 aliphatic rings. The summed E-state index contributed by atoms with van der Waals surface area (Å²) in [7, 11) is 0. The third kappa shape index (κ3) is 3.82. The van der Waals surface area contributed by atoms with E-state index in [0.717, 1.165) is 5.69 Å². The number of carbonyl (C=O) groups is 1. The summed E-state index contributed by atoms with van der Waals surface area (Å²) in [6.07, 6.45) is -0.257. The van der Waals surface area contributed by atoms with Crippen molar-refractivity contribution < 1.29 is 9.18 Å². The normalized spacial score (nSPS) is 24.7. The van der Waals surface area contributed by atoms with Gasteiger partial charge in [0.2, 0.25) is 5.91 Å². The van der Waals surface area contributed by atoms with Crippen LogP contribution in [-0.2, 0) is 10.5 Å². The topological polar surface area (TPSA) is 44.4 Å². The van der Waals surface area contributed by atoms with Crippen LogP contribution in [-0.4, -0.2) is 27.1 Å². The maximum atomic E-state index is 14.0. The highest BCUT2D eigenvalue weighted by Gasteiger charge is 2.47. The van der Waals surface area contributed by atoms with Gasteiger partial charge in [0.25, 0.3) is 0 Å². The molecule has 2 fully saturated rings. The van der Waals surface area contributed by atoms with Crippen molar-refractivity contribution in [3.63, 3.8) is 0 Å². The maximum Gasteiger partial charge on any atom is 0.238 e. The average molecular weight is 440 g/mol. The summed E-state index contributed by atoms with van der Waals surface area (Å²) in [5.41, 5.74) is 0.992. The number of hydrogen-bond acceptors (Lipinski definition) is 5. The molecule has 0 spiro atoms. The molecule has 0 bridgehead atoms. The standard InChI is InChI=1S/C18H15ClFN3OS3/c19-12-7-4-8-13(20)11(12)9-26-17-21-15-14(16(24)22-17)27-18(25)23(15)10-5-2-1-3-6-10/h1-8,14-15,17,21H,9H2,(H,22,24). The minimum Gasteiger partial charge on any atom is -0.331 e. The van der Waals surface area contributed by atoms with Gasteiger partial charge in [0.1, 0.15) is 27.1 Å². The van der Waals surface area contributed by atoms with Gasteiger partial charge < -0.3 is 10.2 Å². The highest BCUT2D eigenvalue weighted by atomic mass is 35.5. The Morgan fingerprint density at radius 3 is 2.74 bits per heavy atom. The van der Waals surface area contributed by atoms with E-state index in [0.29, 0.717) is 20.7 Å². The van der Waals surface area contributed by atoms with Crippen LogP contribution in [0.1, 0.15) is 5.56 Å². The summed E-state index contributed by atoms with van der Waals surface area (Å²) >= 11 is 14.4. The number of carbonyl (C=O) groups excluding carboxylic acids is 1. The second-order valence-corrected chi connectivity index (χ2v) is 9.30. The van der Waals surface area contributed by atoms with Gasteiger partial charge in [0, 0.05) is 22.0 Å². The van der Waals surface area contributed by atoms with E-state index in [1.807, 2.05) is 35.2 Å². The molecule has 4 rings (SSSR count). The van der Waals surface area contributed by atoms with E-state index >= 15 is 0 Å². The lowest BCUT2D eigenvalue weighted by Gasteiger charge is -2.36. The minimum atomic E-state index is -0.373. The highest BCUT2D eigenvalue weighted by Crippen LogP contribution is 2.37. The number of nitrogens with one attached hydrogen (secondary N) is 2. The van der Waals surface area contributed by atoms with E-state index in [4.69, 9.17) is 23.8 Å². The summed E-state index contributed by atoms with van der Waals surface area (Å²) in [5, 5.41) is 6.40. The lowest BCUT2D eigenvalue weighted by molar-refractivity contribution is -0.122. The molecule has 3 unspecified atom stereocenters. The predicted molar refractivity (Wildman–Crippen MR) is 114 cm³/mol. The van der Waals surface area contributed by atoms with Crippen molar-refractivity contribution in [3.05, 3.63) is 64.9 Å². The van der Waals surface area contributed by atoms with Crippen LogP contribution in [0.3, 0.4) is 0 Å².